The van der Waals surface area contributed by atoms with E-state index < -0.39 is 23.1 Å². The summed E-state index contributed by atoms with van der Waals surface area (Å²) in [4.78, 5) is 37.8. The number of hydrogen-bond donors (Lipinski definition) is 1. The largest absolute Gasteiger partial charge is 0.444 e. The van der Waals surface area contributed by atoms with Gasteiger partial charge in [-0.25, -0.2) is 18.4 Å². The first-order valence-electron chi connectivity index (χ1n) is 13.2. The fourth-order valence-corrected chi connectivity index (χ4v) is 4.47. The SMILES string of the molecule is CC(C)(C)OC(=O)N1CCc2c(ccc(C=O)c2F)C1.CC(C)(C)OC(=O)N1CCc2c(ccc(CO)c2F)C1. The van der Waals surface area contributed by atoms with Crippen molar-refractivity contribution in [2.24, 2.45) is 0 Å². The highest BCUT2D eigenvalue weighted by atomic mass is 19.1. The fraction of sp³-hybridized carbons (Fsp3) is 0.500. The Kier molecular flexibility index (Phi) is 9.56. The lowest BCUT2D eigenvalue weighted by Gasteiger charge is -2.31. The highest BCUT2D eigenvalue weighted by Gasteiger charge is 2.29. The van der Waals surface area contributed by atoms with Gasteiger partial charge in [0.1, 0.15) is 22.8 Å². The van der Waals surface area contributed by atoms with Crippen molar-refractivity contribution in [3.05, 3.63) is 69.3 Å². The molecule has 2 aromatic rings. The molecule has 0 aliphatic carbocycles. The first kappa shape index (κ1) is 31.0. The Hall–Kier alpha value is -3.53. The van der Waals surface area contributed by atoms with Crippen molar-refractivity contribution in [3.8, 4) is 0 Å². The molecule has 10 heteroatoms. The molecule has 0 spiro atoms. The lowest BCUT2D eigenvalue weighted by atomic mass is 9.97. The fourth-order valence-electron chi connectivity index (χ4n) is 4.47. The Morgan fingerprint density at radius 2 is 1.27 bits per heavy atom. The third-order valence-corrected chi connectivity index (χ3v) is 6.38. The minimum absolute atomic E-state index is 0.0643. The smallest absolute Gasteiger partial charge is 0.410 e. The number of aliphatic hydroxyl groups excluding tert-OH is 1. The molecule has 0 bridgehead atoms. The summed E-state index contributed by atoms with van der Waals surface area (Å²) in [6, 6.07) is 6.46. The van der Waals surface area contributed by atoms with Gasteiger partial charge in [-0.3, -0.25) is 4.79 Å². The number of fused-ring (bicyclic) bond motifs is 2. The Morgan fingerprint density at radius 1 is 0.825 bits per heavy atom. The lowest BCUT2D eigenvalue weighted by molar-refractivity contribution is 0.0212. The molecule has 4 rings (SSSR count). The van der Waals surface area contributed by atoms with Crippen LogP contribution in [-0.2, 0) is 42.0 Å². The lowest BCUT2D eigenvalue weighted by Crippen LogP contribution is -2.40. The zero-order valence-electron chi connectivity index (χ0n) is 24.0. The van der Waals surface area contributed by atoms with Crippen LogP contribution < -0.4 is 0 Å². The van der Waals surface area contributed by atoms with E-state index in [9.17, 15) is 23.2 Å². The highest BCUT2D eigenvalue weighted by molar-refractivity contribution is 5.76. The Morgan fingerprint density at radius 3 is 1.70 bits per heavy atom. The molecule has 2 aliphatic rings. The average Bonchev–Trinajstić information content (AvgIpc) is 2.87. The molecule has 0 saturated carbocycles. The summed E-state index contributed by atoms with van der Waals surface area (Å²) in [6.07, 6.45) is 0.560. The van der Waals surface area contributed by atoms with E-state index in [-0.39, 0.29) is 24.1 Å². The van der Waals surface area contributed by atoms with E-state index in [1.54, 1.807) is 48.8 Å². The van der Waals surface area contributed by atoms with Crippen molar-refractivity contribution in [2.75, 3.05) is 13.1 Å². The predicted molar refractivity (Wildman–Crippen MR) is 145 cm³/mol. The van der Waals surface area contributed by atoms with E-state index in [4.69, 9.17) is 14.6 Å². The normalized spacial score (nSPS) is 14.8. The van der Waals surface area contributed by atoms with Crippen LogP contribution in [0.15, 0.2) is 24.3 Å². The van der Waals surface area contributed by atoms with Crippen LogP contribution in [-0.4, -0.2) is 57.7 Å². The number of hydrogen-bond acceptors (Lipinski definition) is 6. The summed E-state index contributed by atoms with van der Waals surface area (Å²) in [5.41, 5.74) is 1.89. The van der Waals surface area contributed by atoms with Crippen molar-refractivity contribution in [1.82, 2.24) is 9.80 Å². The van der Waals surface area contributed by atoms with E-state index in [0.29, 0.717) is 62.0 Å². The molecule has 1 N–H and O–H groups in total. The standard InChI is InChI=1S/C15H20FNO3.C15H18FNO3/c2*1-15(2,3)20-14(19)17-7-6-12-10(8-17)4-5-11(9-18)13(12)16/h4-5,18H,6-9H2,1-3H3;4-5,9H,6-8H2,1-3H3. The summed E-state index contributed by atoms with van der Waals surface area (Å²) in [5.74, 6) is -0.824. The van der Waals surface area contributed by atoms with Crippen molar-refractivity contribution < 1.29 is 37.7 Å². The molecule has 0 unspecified atom stereocenters. The van der Waals surface area contributed by atoms with Gasteiger partial charge in [0.05, 0.1) is 12.2 Å². The zero-order valence-corrected chi connectivity index (χ0v) is 24.0. The number of rotatable bonds is 2. The van der Waals surface area contributed by atoms with Crippen LogP contribution in [0.4, 0.5) is 18.4 Å². The van der Waals surface area contributed by atoms with Gasteiger partial charge in [-0.2, -0.15) is 0 Å². The third kappa shape index (κ3) is 7.78. The van der Waals surface area contributed by atoms with Gasteiger partial charge in [-0.15, -0.1) is 0 Å². The predicted octanol–water partition coefficient (Wildman–Crippen LogP) is 5.54. The summed E-state index contributed by atoms with van der Waals surface area (Å²) < 4.78 is 38.7. The molecule has 0 fully saturated rings. The van der Waals surface area contributed by atoms with Crippen LogP contribution >= 0.6 is 0 Å². The van der Waals surface area contributed by atoms with E-state index in [0.717, 1.165) is 11.1 Å². The molecule has 218 valence electrons. The van der Waals surface area contributed by atoms with Crippen molar-refractivity contribution >= 4 is 18.5 Å². The van der Waals surface area contributed by atoms with Crippen molar-refractivity contribution in [1.29, 1.82) is 0 Å². The molecule has 0 radical (unpaired) electrons. The number of aliphatic hydroxyl groups is 1. The summed E-state index contributed by atoms with van der Waals surface area (Å²) in [7, 11) is 0. The van der Waals surface area contributed by atoms with Crippen LogP contribution in [0.2, 0.25) is 0 Å². The minimum atomic E-state index is -0.552. The van der Waals surface area contributed by atoms with Crippen LogP contribution in [0.5, 0.6) is 0 Å². The first-order chi connectivity index (χ1) is 18.6. The quantitative estimate of drug-likeness (QED) is 0.485. The second kappa shape index (κ2) is 12.3. The number of carbonyl (C=O) groups is 3. The average molecular weight is 561 g/mol. The van der Waals surface area contributed by atoms with Crippen molar-refractivity contribution in [3.63, 3.8) is 0 Å². The molecule has 2 aliphatic heterocycles. The zero-order chi connectivity index (χ0) is 29.8. The molecule has 40 heavy (non-hydrogen) atoms. The number of halogens is 2. The van der Waals surface area contributed by atoms with E-state index >= 15 is 0 Å². The summed E-state index contributed by atoms with van der Waals surface area (Å²) in [6.45, 7) is 12.0. The second-order valence-corrected chi connectivity index (χ2v) is 11.9. The van der Waals surface area contributed by atoms with Gasteiger partial charge in [0, 0.05) is 31.7 Å². The Bertz CT molecular complexity index is 1270. The minimum Gasteiger partial charge on any atom is -0.444 e. The maximum atomic E-state index is 14.1. The van der Waals surface area contributed by atoms with E-state index in [2.05, 4.69) is 0 Å². The molecule has 2 amide bonds. The van der Waals surface area contributed by atoms with Gasteiger partial charge in [-0.1, -0.05) is 18.2 Å². The van der Waals surface area contributed by atoms with Crippen molar-refractivity contribution in [2.45, 2.75) is 85.3 Å². The number of benzene rings is 2. The van der Waals surface area contributed by atoms with Crippen LogP contribution in [0.1, 0.15) is 79.7 Å². The molecule has 2 aromatic carbocycles. The number of amides is 2. The molecular formula is C30H38F2N2O6. The van der Waals surface area contributed by atoms with Crippen LogP contribution in [0.3, 0.4) is 0 Å². The Labute approximate surface area is 233 Å². The molecule has 8 nitrogen and oxygen atoms in total. The van der Waals surface area contributed by atoms with E-state index in [1.807, 2.05) is 20.8 Å². The number of nitrogens with zero attached hydrogens (tertiary/aromatic N) is 2. The molecular weight excluding hydrogens is 522 g/mol. The maximum absolute atomic E-state index is 14.1. The summed E-state index contributed by atoms with van der Waals surface area (Å²) in [5, 5.41) is 9.06. The van der Waals surface area contributed by atoms with Gasteiger partial charge in [-0.05, 0) is 82.7 Å². The maximum Gasteiger partial charge on any atom is 0.410 e. The van der Waals surface area contributed by atoms with Gasteiger partial charge >= 0.3 is 12.2 Å². The number of ether oxygens (including phenoxy) is 2. The monoisotopic (exact) mass is 560 g/mol. The van der Waals surface area contributed by atoms with Gasteiger partial charge < -0.3 is 24.4 Å². The van der Waals surface area contributed by atoms with Crippen LogP contribution in [0.25, 0.3) is 0 Å². The summed E-state index contributed by atoms with van der Waals surface area (Å²) >= 11 is 0. The number of carbonyl (C=O) groups excluding carboxylic acids is 3. The second-order valence-electron chi connectivity index (χ2n) is 11.9. The van der Waals surface area contributed by atoms with Gasteiger partial charge in [0.25, 0.3) is 0 Å². The molecule has 0 atom stereocenters. The topological polar surface area (TPSA) is 96.4 Å². The molecule has 0 saturated heterocycles. The Balaban J connectivity index is 0.000000220. The highest BCUT2D eigenvalue weighted by Crippen LogP contribution is 2.26. The molecule has 0 aromatic heterocycles. The van der Waals surface area contributed by atoms with Gasteiger partial charge in [0.15, 0.2) is 6.29 Å². The molecule has 2 heterocycles. The third-order valence-electron chi connectivity index (χ3n) is 6.38. The number of aldehydes is 1. The van der Waals surface area contributed by atoms with Crippen LogP contribution in [0, 0.1) is 11.6 Å². The first-order valence-corrected chi connectivity index (χ1v) is 13.2. The van der Waals surface area contributed by atoms with E-state index in [1.165, 1.54) is 6.07 Å². The van der Waals surface area contributed by atoms with Gasteiger partial charge in [0.2, 0.25) is 0 Å².